The fraction of sp³-hybridized carbons (Fsp3) is 0.591. The molecule has 2 aromatic rings. The molecular weight excluding hydrogens is 418 g/mol. The van der Waals surface area contributed by atoms with Gasteiger partial charge in [0.15, 0.2) is 0 Å². The second-order valence-electron chi connectivity index (χ2n) is 8.74. The van der Waals surface area contributed by atoms with Gasteiger partial charge >= 0.3 is 0 Å². The first-order valence-electron chi connectivity index (χ1n) is 10.8. The highest BCUT2D eigenvalue weighted by atomic mass is 32.2. The number of methoxy groups -OCH3 is 1. The zero-order valence-electron chi connectivity index (χ0n) is 18.3. The average molecular weight is 450 g/mol. The van der Waals surface area contributed by atoms with Crippen LogP contribution in [0.5, 0.6) is 5.75 Å². The Morgan fingerprint density at radius 3 is 2.61 bits per heavy atom. The SMILES string of the molecule is CCCC(=O)N1CC2(CCN(S(C)(=O)=O)CC2)c2c([nH]c3cc(OC)ccc23)[C@H]1CO. The highest BCUT2D eigenvalue weighted by molar-refractivity contribution is 7.88. The lowest BCUT2D eigenvalue weighted by Crippen LogP contribution is -2.55. The summed E-state index contributed by atoms with van der Waals surface area (Å²) in [5.41, 5.74) is 2.50. The fourth-order valence-corrected chi connectivity index (χ4v) is 6.13. The Hall–Kier alpha value is -2.10. The van der Waals surface area contributed by atoms with E-state index in [-0.39, 0.29) is 17.9 Å². The number of aliphatic hydroxyl groups is 1. The molecule has 0 aliphatic carbocycles. The van der Waals surface area contributed by atoms with Gasteiger partial charge in [0.05, 0.1) is 26.0 Å². The van der Waals surface area contributed by atoms with E-state index in [9.17, 15) is 18.3 Å². The molecule has 1 saturated heterocycles. The molecule has 9 heteroatoms. The zero-order valence-corrected chi connectivity index (χ0v) is 19.2. The number of carbonyl (C=O) groups is 1. The summed E-state index contributed by atoms with van der Waals surface area (Å²) in [6.07, 6.45) is 3.65. The number of carbonyl (C=O) groups excluding carboxylic acids is 1. The van der Waals surface area contributed by atoms with E-state index < -0.39 is 16.1 Å². The van der Waals surface area contributed by atoms with Crippen LogP contribution >= 0.6 is 0 Å². The van der Waals surface area contributed by atoms with E-state index in [1.807, 2.05) is 25.1 Å². The lowest BCUT2D eigenvalue weighted by molar-refractivity contribution is -0.137. The van der Waals surface area contributed by atoms with Crippen LogP contribution in [0.25, 0.3) is 10.9 Å². The van der Waals surface area contributed by atoms with Gasteiger partial charge in [-0.15, -0.1) is 0 Å². The van der Waals surface area contributed by atoms with Crippen LogP contribution in [-0.4, -0.2) is 73.2 Å². The van der Waals surface area contributed by atoms with Gasteiger partial charge in [0.25, 0.3) is 0 Å². The van der Waals surface area contributed by atoms with Crippen molar-refractivity contribution in [1.29, 1.82) is 0 Å². The first kappa shape index (κ1) is 22.1. The van der Waals surface area contributed by atoms with E-state index in [0.29, 0.717) is 38.9 Å². The maximum atomic E-state index is 13.0. The number of ether oxygens (including phenoxy) is 1. The molecule has 1 atom stereocenters. The third kappa shape index (κ3) is 3.72. The number of aromatic amines is 1. The Morgan fingerprint density at radius 2 is 2.03 bits per heavy atom. The maximum Gasteiger partial charge on any atom is 0.223 e. The molecule has 170 valence electrons. The van der Waals surface area contributed by atoms with E-state index in [0.717, 1.165) is 34.3 Å². The van der Waals surface area contributed by atoms with Crippen LogP contribution in [0.1, 0.15) is 49.9 Å². The van der Waals surface area contributed by atoms with Gasteiger partial charge in [0.1, 0.15) is 5.75 Å². The second kappa shape index (κ2) is 8.11. The van der Waals surface area contributed by atoms with Crippen LogP contribution in [0.2, 0.25) is 0 Å². The molecule has 1 amide bonds. The molecule has 0 radical (unpaired) electrons. The summed E-state index contributed by atoms with van der Waals surface area (Å²) in [5, 5.41) is 11.3. The molecule has 1 aromatic heterocycles. The topological polar surface area (TPSA) is 103 Å². The Labute approximate surface area is 183 Å². The number of piperidine rings is 1. The minimum absolute atomic E-state index is 0.0216. The number of benzene rings is 1. The minimum Gasteiger partial charge on any atom is -0.497 e. The average Bonchev–Trinajstić information content (AvgIpc) is 3.13. The number of fused-ring (bicyclic) bond motifs is 4. The van der Waals surface area contributed by atoms with E-state index in [1.165, 1.54) is 10.6 Å². The minimum atomic E-state index is -3.26. The Morgan fingerprint density at radius 1 is 1.32 bits per heavy atom. The molecule has 0 unspecified atom stereocenters. The third-order valence-electron chi connectivity index (χ3n) is 6.85. The van der Waals surface area contributed by atoms with Gasteiger partial charge < -0.3 is 19.7 Å². The van der Waals surface area contributed by atoms with Crippen molar-refractivity contribution < 1.29 is 23.1 Å². The highest BCUT2D eigenvalue weighted by Crippen LogP contribution is 2.49. The monoisotopic (exact) mass is 449 g/mol. The van der Waals surface area contributed by atoms with Gasteiger partial charge in [-0.25, -0.2) is 12.7 Å². The molecule has 1 aromatic carbocycles. The van der Waals surface area contributed by atoms with E-state index in [4.69, 9.17) is 4.74 Å². The van der Waals surface area contributed by atoms with Crippen molar-refractivity contribution in [2.45, 2.75) is 44.1 Å². The van der Waals surface area contributed by atoms with Crippen LogP contribution in [0.4, 0.5) is 0 Å². The van der Waals surface area contributed by atoms with Crippen molar-refractivity contribution in [1.82, 2.24) is 14.2 Å². The Bertz CT molecular complexity index is 1090. The molecular formula is C22H31N3O5S. The normalized spacial score (nSPS) is 21.4. The standard InChI is InChI=1S/C22H31N3O5S/c1-4-5-19(27)25-14-22(8-10-24(11-9-22)31(3,28)29)20-16-7-6-15(30-2)12-17(16)23-21(20)18(25)13-26/h6-7,12,18,23,26H,4-5,8-11,13-14H2,1-3H3/t18-/m1/s1. The molecule has 3 heterocycles. The molecule has 2 aliphatic rings. The molecule has 2 N–H and O–H groups in total. The van der Waals surface area contributed by atoms with Crippen molar-refractivity contribution in [2.24, 2.45) is 0 Å². The number of aromatic nitrogens is 1. The number of hydrogen-bond acceptors (Lipinski definition) is 5. The van der Waals surface area contributed by atoms with Crippen molar-refractivity contribution in [3.8, 4) is 5.75 Å². The van der Waals surface area contributed by atoms with E-state index in [2.05, 4.69) is 4.98 Å². The number of hydrogen-bond donors (Lipinski definition) is 2. The summed E-state index contributed by atoms with van der Waals surface area (Å²) in [6, 6.07) is 5.43. The van der Waals surface area contributed by atoms with Gasteiger partial charge in [-0.2, -0.15) is 0 Å². The molecule has 0 bridgehead atoms. The number of sulfonamides is 1. The number of H-pyrrole nitrogens is 1. The number of aliphatic hydroxyl groups excluding tert-OH is 1. The smallest absolute Gasteiger partial charge is 0.223 e. The first-order valence-corrected chi connectivity index (χ1v) is 12.6. The molecule has 2 aliphatic heterocycles. The highest BCUT2D eigenvalue weighted by Gasteiger charge is 2.49. The second-order valence-corrected chi connectivity index (χ2v) is 10.7. The quantitative estimate of drug-likeness (QED) is 0.728. The van der Waals surface area contributed by atoms with E-state index >= 15 is 0 Å². The predicted molar refractivity (Wildman–Crippen MR) is 119 cm³/mol. The summed E-state index contributed by atoms with van der Waals surface area (Å²) in [7, 11) is -1.64. The first-order chi connectivity index (χ1) is 14.7. The Kier molecular flexibility index (Phi) is 5.78. The summed E-state index contributed by atoms with van der Waals surface area (Å²) >= 11 is 0. The molecule has 4 rings (SSSR count). The van der Waals surface area contributed by atoms with Gasteiger partial charge in [-0.1, -0.05) is 6.92 Å². The summed E-state index contributed by atoms with van der Waals surface area (Å²) < 4.78 is 31.1. The fourth-order valence-electron chi connectivity index (χ4n) is 5.28. The Balaban J connectivity index is 1.86. The van der Waals surface area contributed by atoms with Gasteiger partial charge in [-0.3, -0.25) is 4.79 Å². The summed E-state index contributed by atoms with van der Waals surface area (Å²) in [4.78, 5) is 18.3. The van der Waals surface area contributed by atoms with Crippen molar-refractivity contribution in [3.05, 3.63) is 29.5 Å². The number of nitrogens with one attached hydrogen (secondary N) is 1. The lowest BCUT2D eigenvalue weighted by atomic mass is 9.68. The zero-order chi connectivity index (χ0) is 22.4. The van der Waals surface area contributed by atoms with Gasteiger partial charge in [-0.05, 0) is 37.0 Å². The molecule has 8 nitrogen and oxygen atoms in total. The van der Waals surface area contributed by atoms with Crippen LogP contribution in [0.3, 0.4) is 0 Å². The summed E-state index contributed by atoms with van der Waals surface area (Å²) in [6.45, 7) is 3.12. The van der Waals surface area contributed by atoms with Gasteiger partial charge in [0, 0.05) is 54.1 Å². The number of nitrogens with zero attached hydrogens (tertiary/aromatic N) is 2. The summed E-state index contributed by atoms with van der Waals surface area (Å²) in [5.74, 6) is 0.750. The molecule has 31 heavy (non-hydrogen) atoms. The van der Waals surface area contributed by atoms with Crippen LogP contribution < -0.4 is 4.74 Å². The lowest BCUT2D eigenvalue weighted by Gasteiger charge is -2.50. The van der Waals surface area contributed by atoms with Crippen LogP contribution in [-0.2, 0) is 20.2 Å². The largest absolute Gasteiger partial charge is 0.497 e. The third-order valence-corrected chi connectivity index (χ3v) is 8.16. The maximum absolute atomic E-state index is 13.0. The number of amides is 1. The molecule has 1 spiro atoms. The van der Waals surface area contributed by atoms with Crippen molar-refractivity contribution in [3.63, 3.8) is 0 Å². The predicted octanol–water partition coefficient (Wildman–Crippen LogP) is 2.15. The molecule has 0 saturated carbocycles. The van der Waals surface area contributed by atoms with E-state index in [1.54, 1.807) is 12.0 Å². The molecule has 1 fully saturated rings. The van der Waals surface area contributed by atoms with Gasteiger partial charge in [0.2, 0.25) is 15.9 Å². The number of rotatable bonds is 5. The van der Waals surface area contributed by atoms with Crippen molar-refractivity contribution in [2.75, 3.05) is 39.6 Å². The van der Waals surface area contributed by atoms with Crippen LogP contribution in [0, 0.1) is 0 Å². The van der Waals surface area contributed by atoms with Crippen LogP contribution in [0.15, 0.2) is 18.2 Å². The van der Waals surface area contributed by atoms with Crippen molar-refractivity contribution >= 4 is 26.8 Å².